The van der Waals surface area contributed by atoms with Crippen LogP contribution in [0.2, 0.25) is 0 Å². The molecule has 21 heavy (non-hydrogen) atoms. The maximum Gasteiger partial charge on any atom is 0.0605 e. The highest BCUT2D eigenvalue weighted by Gasteiger charge is 2.28. The number of hydrogen-bond acceptors (Lipinski definition) is 2. The largest absolute Gasteiger partial charge is 0.307 e. The summed E-state index contributed by atoms with van der Waals surface area (Å²) in [6.45, 7) is 2.55. The normalized spacial score (nSPS) is 22.6. The summed E-state index contributed by atoms with van der Waals surface area (Å²) in [6, 6.07) is 21.9. The van der Waals surface area contributed by atoms with Gasteiger partial charge in [0.05, 0.1) is 6.54 Å². The lowest BCUT2D eigenvalue weighted by Crippen LogP contribution is -2.47. The van der Waals surface area contributed by atoms with E-state index in [2.05, 4.69) is 76.8 Å². The zero-order chi connectivity index (χ0) is 14.5. The predicted molar refractivity (Wildman–Crippen MR) is 86.8 cm³/mol. The van der Waals surface area contributed by atoms with Crippen LogP contribution in [0.15, 0.2) is 60.7 Å². The van der Waals surface area contributed by atoms with E-state index in [1.54, 1.807) is 0 Å². The van der Waals surface area contributed by atoms with Crippen LogP contribution in [-0.2, 0) is 0 Å². The molecule has 0 saturated carbocycles. The Kier molecular flexibility index (Phi) is 4.35. The molecule has 0 radical (unpaired) electrons. The van der Waals surface area contributed by atoms with E-state index in [0.717, 1.165) is 13.1 Å². The molecule has 2 aromatic carbocycles. The summed E-state index contributed by atoms with van der Waals surface area (Å²) >= 11 is 0. The molecule has 2 unspecified atom stereocenters. The molecular formula is C19H20N2. The zero-order valence-corrected chi connectivity index (χ0v) is 12.1. The fourth-order valence-corrected chi connectivity index (χ4v) is 3.01. The molecule has 2 heteroatoms. The number of nitrogens with zero attached hydrogens (tertiary/aromatic N) is 1. The Hall–Kier alpha value is -2.08. The lowest BCUT2D eigenvalue weighted by molar-refractivity contribution is 0.148. The molecule has 1 N–H and O–H groups in total. The van der Waals surface area contributed by atoms with E-state index in [4.69, 9.17) is 6.42 Å². The van der Waals surface area contributed by atoms with E-state index in [9.17, 15) is 0 Å². The van der Waals surface area contributed by atoms with Gasteiger partial charge in [-0.3, -0.25) is 4.90 Å². The van der Waals surface area contributed by atoms with Crippen molar-refractivity contribution in [3.8, 4) is 12.3 Å². The van der Waals surface area contributed by atoms with Crippen LogP contribution in [0.1, 0.15) is 23.2 Å². The minimum Gasteiger partial charge on any atom is -0.307 e. The highest BCUT2D eigenvalue weighted by atomic mass is 15.2. The third-order valence-corrected chi connectivity index (χ3v) is 4.10. The van der Waals surface area contributed by atoms with Gasteiger partial charge in [-0.2, -0.15) is 0 Å². The van der Waals surface area contributed by atoms with Crippen molar-refractivity contribution in [1.29, 1.82) is 0 Å². The van der Waals surface area contributed by atoms with Gasteiger partial charge in [0.2, 0.25) is 0 Å². The predicted octanol–water partition coefficient (Wildman–Crippen LogP) is 3.01. The third kappa shape index (κ3) is 3.16. The van der Waals surface area contributed by atoms with Crippen molar-refractivity contribution in [2.75, 3.05) is 19.6 Å². The molecule has 1 heterocycles. The van der Waals surface area contributed by atoms with Gasteiger partial charge in [-0.1, -0.05) is 66.6 Å². The molecule has 3 rings (SSSR count). The van der Waals surface area contributed by atoms with E-state index < -0.39 is 0 Å². The van der Waals surface area contributed by atoms with Crippen LogP contribution in [-0.4, -0.2) is 24.5 Å². The molecular weight excluding hydrogens is 256 g/mol. The van der Waals surface area contributed by atoms with Crippen molar-refractivity contribution >= 4 is 0 Å². The van der Waals surface area contributed by atoms with E-state index in [1.165, 1.54) is 11.1 Å². The number of terminal acetylenes is 1. The molecule has 1 aliphatic heterocycles. The minimum absolute atomic E-state index is 0.347. The molecule has 2 atom stereocenters. The van der Waals surface area contributed by atoms with Crippen LogP contribution >= 0.6 is 0 Å². The second-order valence-electron chi connectivity index (χ2n) is 5.43. The highest BCUT2D eigenvalue weighted by molar-refractivity contribution is 5.24. The number of hydrogen-bond donors (Lipinski definition) is 1. The topological polar surface area (TPSA) is 15.3 Å². The minimum atomic E-state index is 0.347. The molecule has 2 nitrogen and oxygen atoms in total. The first-order valence-electron chi connectivity index (χ1n) is 7.39. The van der Waals surface area contributed by atoms with Crippen molar-refractivity contribution in [2.45, 2.75) is 12.1 Å². The van der Waals surface area contributed by atoms with Gasteiger partial charge in [0, 0.05) is 25.2 Å². The maximum absolute atomic E-state index is 5.57. The van der Waals surface area contributed by atoms with Gasteiger partial charge in [0.15, 0.2) is 0 Å². The van der Waals surface area contributed by atoms with Crippen molar-refractivity contribution in [1.82, 2.24) is 10.2 Å². The Bertz CT molecular complexity index is 600. The lowest BCUT2D eigenvalue weighted by atomic mass is 9.97. The van der Waals surface area contributed by atoms with Crippen LogP contribution in [0.3, 0.4) is 0 Å². The van der Waals surface area contributed by atoms with Crippen LogP contribution in [0, 0.1) is 12.3 Å². The Labute approximate surface area is 126 Å². The molecule has 0 aliphatic carbocycles. The Morgan fingerprint density at radius 3 is 2.24 bits per heavy atom. The van der Waals surface area contributed by atoms with E-state index in [-0.39, 0.29) is 0 Å². The summed E-state index contributed by atoms with van der Waals surface area (Å²) < 4.78 is 0. The maximum atomic E-state index is 5.57. The van der Waals surface area contributed by atoms with Gasteiger partial charge in [0.25, 0.3) is 0 Å². The monoisotopic (exact) mass is 276 g/mol. The zero-order valence-electron chi connectivity index (χ0n) is 12.1. The summed E-state index contributed by atoms with van der Waals surface area (Å²) in [7, 11) is 0. The Morgan fingerprint density at radius 1 is 1.00 bits per heavy atom. The molecule has 106 valence electrons. The van der Waals surface area contributed by atoms with E-state index >= 15 is 0 Å². The van der Waals surface area contributed by atoms with Gasteiger partial charge >= 0.3 is 0 Å². The van der Waals surface area contributed by atoms with Crippen LogP contribution in [0.25, 0.3) is 0 Å². The van der Waals surface area contributed by atoms with E-state index in [0.29, 0.717) is 18.6 Å². The summed E-state index contributed by atoms with van der Waals surface area (Å²) in [6.07, 6.45) is 5.57. The highest BCUT2D eigenvalue weighted by Crippen LogP contribution is 2.28. The quantitative estimate of drug-likeness (QED) is 0.867. The number of nitrogens with one attached hydrogen (secondary N) is 1. The molecule has 1 fully saturated rings. The lowest BCUT2D eigenvalue weighted by Gasteiger charge is -2.40. The summed E-state index contributed by atoms with van der Waals surface area (Å²) in [4.78, 5) is 2.39. The number of piperazine rings is 1. The van der Waals surface area contributed by atoms with Crippen LogP contribution < -0.4 is 5.32 Å². The number of rotatable bonds is 3. The first-order chi connectivity index (χ1) is 10.4. The molecule has 2 aromatic rings. The Balaban J connectivity index is 1.79. The molecule has 0 bridgehead atoms. The third-order valence-electron chi connectivity index (χ3n) is 4.10. The smallest absolute Gasteiger partial charge is 0.0605 e. The van der Waals surface area contributed by atoms with Crippen LogP contribution in [0.5, 0.6) is 0 Å². The van der Waals surface area contributed by atoms with Gasteiger partial charge in [-0.05, 0) is 11.1 Å². The SMILES string of the molecule is C#CCN1CC(c2ccccc2)NCC1c1ccccc1. The summed E-state index contributed by atoms with van der Waals surface area (Å²) in [5, 5.41) is 3.66. The second-order valence-corrected chi connectivity index (χ2v) is 5.43. The van der Waals surface area contributed by atoms with E-state index in [1.807, 2.05) is 0 Å². The molecule has 0 amide bonds. The molecule has 0 spiro atoms. The standard InChI is InChI=1S/C19H20N2/c1-2-13-21-15-18(16-9-5-3-6-10-16)20-14-19(21)17-11-7-4-8-12-17/h1,3-12,18-20H,13-15H2. The van der Waals surface area contributed by atoms with Crippen molar-refractivity contribution in [2.24, 2.45) is 0 Å². The molecule has 1 aliphatic rings. The fourth-order valence-electron chi connectivity index (χ4n) is 3.01. The first-order valence-corrected chi connectivity index (χ1v) is 7.39. The van der Waals surface area contributed by atoms with Gasteiger partial charge in [0.1, 0.15) is 0 Å². The van der Waals surface area contributed by atoms with Gasteiger partial charge < -0.3 is 5.32 Å². The molecule has 1 saturated heterocycles. The first kappa shape index (κ1) is 13.9. The Morgan fingerprint density at radius 2 is 1.62 bits per heavy atom. The average Bonchev–Trinajstić information content (AvgIpc) is 2.57. The molecule has 0 aromatic heterocycles. The van der Waals surface area contributed by atoms with Crippen molar-refractivity contribution in [3.05, 3.63) is 71.8 Å². The van der Waals surface area contributed by atoms with Gasteiger partial charge in [-0.25, -0.2) is 0 Å². The van der Waals surface area contributed by atoms with Gasteiger partial charge in [-0.15, -0.1) is 6.42 Å². The second kappa shape index (κ2) is 6.58. The average molecular weight is 276 g/mol. The summed E-state index contributed by atoms with van der Waals surface area (Å²) in [5.74, 6) is 2.81. The van der Waals surface area contributed by atoms with Crippen molar-refractivity contribution < 1.29 is 0 Å². The fraction of sp³-hybridized carbons (Fsp3) is 0.263. The van der Waals surface area contributed by atoms with Crippen LogP contribution in [0.4, 0.5) is 0 Å². The summed E-state index contributed by atoms with van der Waals surface area (Å²) in [5.41, 5.74) is 2.65. The number of benzene rings is 2. The van der Waals surface area contributed by atoms with Crippen molar-refractivity contribution in [3.63, 3.8) is 0 Å².